The number of amides is 11. The van der Waals surface area contributed by atoms with Crippen LogP contribution in [0.2, 0.25) is 0 Å². The second kappa shape index (κ2) is 33.9. The van der Waals surface area contributed by atoms with E-state index < -0.39 is 151 Å². The summed E-state index contributed by atoms with van der Waals surface area (Å²) >= 11 is 0. The van der Waals surface area contributed by atoms with E-state index in [9.17, 15) is 58.2 Å². The molecule has 3 heterocycles. The van der Waals surface area contributed by atoms with Crippen molar-refractivity contribution in [2.24, 2.45) is 17.4 Å². The fourth-order valence-corrected chi connectivity index (χ4v) is 11.6. The average Bonchev–Trinajstić information content (AvgIpc) is 1.59. The van der Waals surface area contributed by atoms with E-state index in [1.54, 1.807) is 91.0 Å². The molecular weight excluding hydrogens is 1180 g/mol. The third-order valence-corrected chi connectivity index (χ3v) is 16.4. The van der Waals surface area contributed by atoms with Gasteiger partial charge in [0, 0.05) is 45.2 Å². The van der Waals surface area contributed by atoms with Crippen LogP contribution in [0, 0.1) is 5.92 Å². The Hall–Kier alpha value is -9.72. The van der Waals surface area contributed by atoms with Crippen molar-refractivity contribution >= 4 is 70.9 Å². The number of aromatic hydroxyl groups is 1. The first-order valence-electron chi connectivity index (χ1n) is 31.2. The third-order valence-electron chi connectivity index (χ3n) is 16.4. The number of phenolic OH excluding ortho intramolecular Hbond substituents is 1. The van der Waals surface area contributed by atoms with Crippen LogP contribution in [0.1, 0.15) is 100 Å². The lowest BCUT2D eigenvalue weighted by Crippen LogP contribution is -2.62. The monoisotopic (exact) mass is 1270 g/mol. The van der Waals surface area contributed by atoms with Gasteiger partial charge in [0.05, 0.1) is 6.42 Å². The van der Waals surface area contributed by atoms with Crippen LogP contribution >= 0.6 is 0 Å². The van der Waals surface area contributed by atoms with Crippen molar-refractivity contribution in [3.63, 3.8) is 0 Å². The van der Waals surface area contributed by atoms with Crippen molar-refractivity contribution in [2.45, 2.75) is 164 Å². The van der Waals surface area contributed by atoms with Crippen molar-refractivity contribution in [2.75, 3.05) is 19.6 Å². The number of carboxylic acids is 1. The van der Waals surface area contributed by atoms with Gasteiger partial charge in [0.25, 0.3) is 0 Å². The summed E-state index contributed by atoms with van der Waals surface area (Å²) in [7, 11) is 0. The second-order valence-corrected chi connectivity index (χ2v) is 24.0. The predicted octanol–water partition coefficient (Wildman–Crippen LogP) is 0.0620. The number of carbonyl (C=O) groups excluding carboxylic acids is 11. The molecule has 0 unspecified atom stereocenters. The molecule has 7 rings (SSSR count). The highest BCUT2D eigenvalue weighted by atomic mass is 16.4. The van der Waals surface area contributed by atoms with E-state index in [2.05, 4.69) is 42.5 Å². The van der Waals surface area contributed by atoms with Crippen molar-refractivity contribution in [3.8, 4) is 5.75 Å². The summed E-state index contributed by atoms with van der Waals surface area (Å²) in [5.74, 6) is -11.4. The Morgan fingerprint density at radius 2 is 0.815 bits per heavy atom. The molecule has 0 radical (unpaired) electrons. The highest BCUT2D eigenvalue weighted by Gasteiger charge is 2.43. The van der Waals surface area contributed by atoms with Crippen LogP contribution in [-0.2, 0) is 83.2 Å². The number of carbonyl (C=O) groups is 12. The zero-order valence-corrected chi connectivity index (χ0v) is 51.7. The van der Waals surface area contributed by atoms with Gasteiger partial charge < -0.3 is 74.0 Å². The molecule has 14 N–H and O–H groups in total. The SMILES string of the molecule is CC(C)C[C@@H]1NC(=O)[C@H](CCCN)NC(=O)[C@@H]2CCCN2C(=O)[C@H](Cc2ccc(O)cc2)NC(=O)[C@H](CCC(N)=O)NC(=O)[C@H](CC(=O)O)NC(=O)[C@@H](Cc2ccccc2)NC(=O)[C@H](Cc2ccccc2)NC(=O)[C@@H]2CCCN2C(=O)[C@@H](Cc2ccccc2)NC1=O. The fourth-order valence-electron chi connectivity index (χ4n) is 11.6. The van der Waals surface area contributed by atoms with Gasteiger partial charge >= 0.3 is 5.97 Å². The summed E-state index contributed by atoms with van der Waals surface area (Å²) in [4.78, 5) is 175. The fraction of sp³-hybridized carbons (Fsp3) is 0.455. The number of fused-ring (bicyclic) bond motifs is 2. The molecule has 3 aliphatic rings. The molecule has 3 aliphatic heterocycles. The molecule has 0 aliphatic carbocycles. The first kappa shape index (κ1) is 69.7. The van der Waals surface area contributed by atoms with E-state index in [4.69, 9.17) is 11.5 Å². The van der Waals surface area contributed by atoms with Gasteiger partial charge in [0.15, 0.2) is 0 Å². The minimum absolute atomic E-state index is 0.00130. The van der Waals surface area contributed by atoms with E-state index in [1.807, 2.05) is 13.8 Å². The Morgan fingerprint density at radius 3 is 1.25 bits per heavy atom. The number of nitrogens with zero attached hydrogens (tertiary/aromatic N) is 2. The molecule has 492 valence electrons. The maximum absolute atomic E-state index is 15.1. The lowest BCUT2D eigenvalue weighted by Gasteiger charge is -2.32. The Bertz CT molecular complexity index is 3250. The van der Waals surface area contributed by atoms with E-state index in [0.29, 0.717) is 35.1 Å². The Morgan fingerprint density at radius 1 is 0.467 bits per heavy atom. The quantitative estimate of drug-likeness (QED) is 0.0627. The molecule has 0 spiro atoms. The van der Waals surface area contributed by atoms with Crippen molar-refractivity contribution in [1.29, 1.82) is 0 Å². The van der Waals surface area contributed by atoms with Crippen LogP contribution in [-0.4, -0.2) is 171 Å². The summed E-state index contributed by atoms with van der Waals surface area (Å²) in [5, 5.41) is 41.9. The molecule has 0 aromatic heterocycles. The van der Waals surface area contributed by atoms with Gasteiger partial charge in [-0.2, -0.15) is 0 Å². The third kappa shape index (κ3) is 20.4. The average molecular weight is 1270 g/mol. The Kier molecular flexibility index (Phi) is 25.7. The Labute approximate surface area is 533 Å². The van der Waals surface area contributed by atoms with Gasteiger partial charge in [-0.25, -0.2) is 0 Å². The van der Waals surface area contributed by atoms with E-state index >= 15 is 9.59 Å². The topological polar surface area (TPSA) is 400 Å². The van der Waals surface area contributed by atoms with E-state index in [1.165, 1.54) is 34.1 Å². The largest absolute Gasteiger partial charge is 0.508 e. The minimum atomic E-state index is -1.96. The number of primary amides is 1. The van der Waals surface area contributed by atoms with Gasteiger partial charge in [-0.3, -0.25) is 57.5 Å². The maximum Gasteiger partial charge on any atom is 0.305 e. The number of nitrogens with two attached hydrogens (primary N) is 2. The zero-order chi connectivity index (χ0) is 66.4. The lowest BCUT2D eigenvalue weighted by atomic mass is 9.99. The summed E-state index contributed by atoms with van der Waals surface area (Å²) in [6.07, 6.45) is -1.55. The number of benzene rings is 4. The van der Waals surface area contributed by atoms with Gasteiger partial charge in [0.2, 0.25) is 65.0 Å². The van der Waals surface area contributed by atoms with Crippen LogP contribution in [0.15, 0.2) is 115 Å². The van der Waals surface area contributed by atoms with Crippen LogP contribution in [0.3, 0.4) is 0 Å². The van der Waals surface area contributed by atoms with E-state index in [-0.39, 0.29) is 89.1 Å². The molecule has 26 nitrogen and oxygen atoms in total. The zero-order valence-electron chi connectivity index (χ0n) is 51.7. The van der Waals surface area contributed by atoms with Crippen molar-refractivity contribution in [1.82, 2.24) is 52.3 Å². The molecule has 11 amide bonds. The van der Waals surface area contributed by atoms with E-state index in [0.717, 1.165) is 0 Å². The number of phenols is 1. The first-order valence-corrected chi connectivity index (χ1v) is 31.2. The molecule has 4 aromatic rings. The van der Waals surface area contributed by atoms with Crippen molar-refractivity contribution < 1.29 is 67.7 Å². The summed E-state index contributed by atoms with van der Waals surface area (Å²) in [6, 6.07) is 17.0. The predicted molar refractivity (Wildman–Crippen MR) is 336 cm³/mol. The number of rotatable bonds is 18. The summed E-state index contributed by atoms with van der Waals surface area (Å²) in [6.45, 7) is 3.84. The minimum Gasteiger partial charge on any atom is -0.508 e. The second-order valence-electron chi connectivity index (χ2n) is 24.0. The van der Waals surface area contributed by atoms with Crippen LogP contribution in [0.4, 0.5) is 0 Å². The number of hydrogen-bond acceptors (Lipinski definition) is 14. The molecule has 3 saturated heterocycles. The molecule has 92 heavy (non-hydrogen) atoms. The first-order chi connectivity index (χ1) is 44.1. The Balaban J connectivity index is 1.31. The lowest BCUT2D eigenvalue weighted by molar-refractivity contribution is -0.143. The smallest absolute Gasteiger partial charge is 0.305 e. The number of nitrogens with one attached hydrogen (secondary N) is 8. The van der Waals surface area contributed by atoms with Gasteiger partial charge in [0.1, 0.15) is 66.2 Å². The molecule has 4 aromatic carbocycles. The number of aliphatic carboxylic acids is 1. The molecule has 0 bridgehead atoms. The van der Waals surface area contributed by atoms with Gasteiger partial charge in [-0.1, -0.05) is 117 Å². The molecule has 0 saturated carbocycles. The molecule has 26 heteroatoms. The van der Waals surface area contributed by atoms with Crippen LogP contribution in [0.25, 0.3) is 0 Å². The number of carboxylic acid groups (broad SMARTS) is 1. The van der Waals surface area contributed by atoms with Gasteiger partial charge in [-0.05, 0) is 98.2 Å². The maximum atomic E-state index is 15.1. The van der Waals surface area contributed by atoms with Crippen molar-refractivity contribution in [3.05, 3.63) is 138 Å². The number of hydrogen-bond donors (Lipinski definition) is 12. The van der Waals surface area contributed by atoms with Crippen LogP contribution in [0.5, 0.6) is 5.75 Å². The van der Waals surface area contributed by atoms with Gasteiger partial charge in [-0.15, -0.1) is 0 Å². The normalized spacial score (nSPS) is 24.6. The highest BCUT2D eigenvalue weighted by Crippen LogP contribution is 2.24. The van der Waals surface area contributed by atoms with Crippen LogP contribution < -0.4 is 54.0 Å². The molecule has 10 atom stereocenters. The summed E-state index contributed by atoms with van der Waals surface area (Å²) in [5.41, 5.74) is 13.6. The molecule has 3 fully saturated rings. The standard InChI is InChI=1S/C66H84N12O14/c1-39(2)33-47-59(85)76-51(36-42-19-10-5-11-20-42)65(91)78-32-14-23-54(78)64(90)74-49(35-41-17-8-4-9-18-41)61(87)72-48(34-40-15-6-3-7-16-40)60(86)73-50(38-56(81)82)62(88)69-46(28-29-55(68)80)58(84)75-52(37-43-24-26-44(79)27-25-43)66(92)77-31-13-22-53(77)63(89)70-45(21-12-30-67)57(83)71-47/h3-11,15-20,24-27,39,45-54,79H,12-14,21-23,28-38,67H2,1-2H3,(H2,68,80)(H,69,88)(H,70,89)(H,71,83)(H,72,87)(H,73,86)(H,74,90)(H,75,84)(H,76,85)(H,81,82)/t45-,46-,47-,48+,49-,50-,51+,52-,53-,54-/m0/s1. The molecular formula is C66H84N12O14. The summed E-state index contributed by atoms with van der Waals surface area (Å²) < 4.78 is 0. The highest BCUT2D eigenvalue weighted by molar-refractivity contribution is 6.00.